The van der Waals surface area contributed by atoms with Crippen LogP contribution in [0, 0.1) is 34.0 Å². The van der Waals surface area contributed by atoms with E-state index in [0.29, 0.717) is 82.4 Å². The van der Waals surface area contributed by atoms with Crippen LogP contribution < -0.4 is 26.4 Å². The lowest BCUT2D eigenvalue weighted by molar-refractivity contribution is -0.271. The number of hydrogen-bond acceptors (Lipinski definition) is 19. The number of nitrogens with zero attached hydrogens (tertiary/aromatic N) is 1. The number of benzene rings is 2. The van der Waals surface area contributed by atoms with Gasteiger partial charge in [-0.2, -0.15) is 0 Å². The summed E-state index contributed by atoms with van der Waals surface area (Å²) in [5.41, 5.74) is 6.23. The molecular formula is C60H79N5O18. The number of aliphatic carboxylic acids is 1. The predicted molar refractivity (Wildman–Crippen MR) is 294 cm³/mol. The highest BCUT2D eigenvalue weighted by molar-refractivity contribution is 6.01. The Morgan fingerprint density at radius 2 is 1.69 bits per heavy atom. The molecule has 1 spiro atoms. The number of unbranched alkanes of at least 4 members (excludes halogenated alkanes) is 1. The van der Waals surface area contributed by atoms with Gasteiger partial charge in [-0.1, -0.05) is 55.8 Å². The van der Waals surface area contributed by atoms with E-state index in [9.17, 15) is 59.4 Å². The minimum atomic E-state index is -1.92. The maximum Gasteiger partial charge on any atom is 0.410 e. The third-order valence-corrected chi connectivity index (χ3v) is 19.2. The van der Waals surface area contributed by atoms with Gasteiger partial charge in [0.05, 0.1) is 30.6 Å². The highest BCUT2D eigenvalue weighted by Crippen LogP contribution is 2.70. The zero-order chi connectivity index (χ0) is 59.2. The Labute approximate surface area is 481 Å². The van der Waals surface area contributed by atoms with Crippen LogP contribution in [0.15, 0.2) is 66.3 Å². The van der Waals surface area contributed by atoms with Crippen molar-refractivity contribution in [1.29, 1.82) is 0 Å². The highest BCUT2D eigenvalue weighted by atomic mass is 16.7. The molecule has 4 heterocycles. The van der Waals surface area contributed by atoms with Crippen LogP contribution in [0.1, 0.15) is 102 Å². The van der Waals surface area contributed by atoms with E-state index >= 15 is 0 Å². The van der Waals surface area contributed by atoms with Crippen molar-refractivity contribution in [2.24, 2.45) is 39.7 Å². The average Bonchev–Trinajstić information content (AvgIpc) is 1.61. The van der Waals surface area contributed by atoms with E-state index in [0.717, 1.165) is 29.5 Å². The number of carboxylic acids is 1. The number of Topliss-reactive ketones (excluding diaryl/α,β-unsaturated/α-hetero) is 1. The van der Waals surface area contributed by atoms with E-state index in [-0.39, 0.29) is 78.7 Å². The lowest BCUT2D eigenvalue weighted by Gasteiger charge is -2.59. The summed E-state index contributed by atoms with van der Waals surface area (Å²) in [7, 11) is 0. The monoisotopic (exact) mass is 1160 g/mol. The molecule has 3 saturated carbocycles. The summed E-state index contributed by atoms with van der Waals surface area (Å²) >= 11 is 0. The number of ether oxygens (including phenoxy) is 6. The van der Waals surface area contributed by atoms with Crippen LogP contribution in [-0.2, 0) is 60.7 Å². The number of aliphatic hydroxyl groups excluding tert-OH is 5. The molecule has 0 bridgehead atoms. The third-order valence-electron chi connectivity index (χ3n) is 19.2. The number of carboxylic acid groups (broad SMARTS) is 1. The molecule has 2 aromatic rings. The van der Waals surface area contributed by atoms with Gasteiger partial charge in [0.15, 0.2) is 29.6 Å². The summed E-state index contributed by atoms with van der Waals surface area (Å²) in [5, 5.41) is 72.1. The van der Waals surface area contributed by atoms with Gasteiger partial charge in [0.2, 0.25) is 18.1 Å². The molecule has 1 unspecified atom stereocenters. The van der Waals surface area contributed by atoms with Gasteiger partial charge < -0.3 is 85.6 Å². The standard InChI is InChI=1S/C60H79N5O18/c1-32(67)64-41(7-4-5-18-61)52(74)63-20-6-19-62-42-22-34(10-15-44(42)80-55-50(73)48(71)49(72)51(82-55)53(75)76)28-78-56(77)65-29-59(30-65)25-38(79-31-59)21-33-8-11-35(12-9-33)54-81-46-24-40-39-14-13-36-23-37(68)16-17-57(36,2)47(39)43(69)26-58(40,3)60(46,83-54)45(70)27-66/h8-12,15-17,22-23,38-41,43,46-51,54-55,62,66,69,71-73H,4-7,13-14,18-21,24-31,61H2,1-3H3,(H,63,74)(H,64,67)(H,75,76)/t38?,39-,40-,41-,43-,46+,47+,48-,49-,50+,51-,54+,55+,57-,58-,60+/m0/s1. The molecule has 4 aliphatic heterocycles. The largest absolute Gasteiger partial charge is 0.479 e. The second-order valence-electron chi connectivity index (χ2n) is 24.6. The SMILES string of the molecule is CC(=O)N[C@@H](CCCCN)C(=O)NCCCNc1cc(COC(=O)N2CC3(COC(Cc4ccc([C@@H]5O[C@@H]6C[C@H]7[C@@H]8CCC9=CC(=O)C=C[C@]9(C)[C@H]8[C@@H](O)C[C@]7(C)[C@]6(C(=O)CO)O5)cc4)C3)C2)ccc1O[C@@H]1O[C@H](C(=O)O)[C@@H](O)[C@H](O)[C@H]1O. The summed E-state index contributed by atoms with van der Waals surface area (Å²) in [6, 6.07) is 11.8. The fourth-order valence-electron chi connectivity index (χ4n) is 15.1. The van der Waals surface area contributed by atoms with E-state index in [1.165, 1.54) is 13.0 Å². The highest BCUT2D eigenvalue weighted by Gasteiger charge is 2.76. The van der Waals surface area contributed by atoms with Crippen molar-refractivity contribution in [3.63, 3.8) is 0 Å². The molecule has 83 heavy (non-hydrogen) atoms. The smallest absolute Gasteiger partial charge is 0.410 e. The normalized spacial score (nSPS) is 35.0. The van der Waals surface area contributed by atoms with E-state index < -0.39 is 96.1 Å². The molecule has 10 rings (SSSR count). The lowest BCUT2D eigenvalue weighted by Crippen LogP contribution is -2.63. The summed E-state index contributed by atoms with van der Waals surface area (Å²) in [5.74, 6) is -2.78. The number of likely N-dealkylation sites (tertiary alicyclic amines) is 1. The molecule has 23 nitrogen and oxygen atoms in total. The molecule has 452 valence electrons. The molecular weight excluding hydrogens is 1080 g/mol. The molecule has 0 aromatic heterocycles. The number of anilines is 1. The maximum atomic E-state index is 14.1. The fourth-order valence-corrected chi connectivity index (χ4v) is 15.1. The van der Waals surface area contributed by atoms with Gasteiger partial charge in [-0.15, -0.1) is 0 Å². The number of hydrogen-bond donors (Lipinski definition) is 10. The Morgan fingerprint density at radius 1 is 0.928 bits per heavy atom. The van der Waals surface area contributed by atoms with Gasteiger partial charge >= 0.3 is 12.1 Å². The number of ketones is 2. The molecule has 16 atom stereocenters. The Kier molecular flexibility index (Phi) is 17.6. The third kappa shape index (κ3) is 11.6. The van der Waals surface area contributed by atoms with Crippen molar-refractivity contribution in [3.05, 3.63) is 83.0 Å². The van der Waals surface area contributed by atoms with Gasteiger partial charge in [-0.25, -0.2) is 9.59 Å². The first-order chi connectivity index (χ1) is 39.6. The van der Waals surface area contributed by atoms with Crippen molar-refractivity contribution in [2.45, 2.75) is 159 Å². The number of fused-ring (bicyclic) bond motifs is 7. The van der Waals surface area contributed by atoms with Crippen LogP contribution in [0.5, 0.6) is 5.75 Å². The number of carbonyl (C=O) groups is 6. The second kappa shape index (κ2) is 24.3. The lowest BCUT2D eigenvalue weighted by atomic mass is 9.46. The first-order valence-corrected chi connectivity index (χ1v) is 29.0. The zero-order valence-corrected chi connectivity index (χ0v) is 47.1. The van der Waals surface area contributed by atoms with Crippen LogP contribution in [0.4, 0.5) is 10.5 Å². The number of nitrogens with one attached hydrogen (secondary N) is 3. The number of allylic oxidation sites excluding steroid dienone is 4. The van der Waals surface area contributed by atoms with Crippen LogP contribution in [0.3, 0.4) is 0 Å². The Morgan fingerprint density at radius 3 is 2.41 bits per heavy atom. The zero-order valence-electron chi connectivity index (χ0n) is 47.1. The first kappa shape index (κ1) is 60.3. The Balaban J connectivity index is 0.720. The van der Waals surface area contributed by atoms with Crippen LogP contribution >= 0.6 is 0 Å². The van der Waals surface area contributed by atoms with Gasteiger partial charge in [0, 0.05) is 60.8 Å². The van der Waals surface area contributed by atoms with Crippen molar-refractivity contribution in [3.8, 4) is 5.75 Å². The van der Waals surface area contributed by atoms with Crippen LogP contribution in [0.25, 0.3) is 0 Å². The van der Waals surface area contributed by atoms with Crippen LogP contribution in [0.2, 0.25) is 0 Å². The molecule has 2 aromatic carbocycles. The first-order valence-electron chi connectivity index (χ1n) is 29.0. The van der Waals surface area contributed by atoms with Gasteiger partial charge in [-0.05, 0) is 118 Å². The number of carbonyl (C=O) groups excluding carboxylic acids is 5. The Bertz CT molecular complexity index is 2840. The molecule has 7 fully saturated rings. The topological polar surface area (TPSA) is 345 Å². The minimum Gasteiger partial charge on any atom is -0.479 e. The number of nitrogens with two attached hydrogens (primary N) is 1. The van der Waals surface area contributed by atoms with Crippen molar-refractivity contribution in [2.75, 3.05) is 51.3 Å². The number of aliphatic hydroxyl groups is 5. The Hall–Kier alpha value is -5.86. The number of rotatable bonds is 21. The number of amides is 3. The molecule has 11 N–H and O–H groups in total. The molecule has 0 radical (unpaired) electrons. The quantitative estimate of drug-likeness (QED) is 0.0800. The van der Waals surface area contributed by atoms with Gasteiger partial charge in [0.1, 0.15) is 43.3 Å². The summed E-state index contributed by atoms with van der Waals surface area (Å²) < 4.78 is 36.8. The molecule has 4 aliphatic carbocycles. The van der Waals surface area contributed by atoms with Gasteiger partial charge in [0.25, 0.3) is 0 Å². The summed E-state index contributed by atoms with van der Waals surface area (Å²) in [6.07, 6.45) is -1.07. The average molecular weight is 1160 g/mol. The summed E-state index contributed by atoms with van der Waals surface area (Å²) in [4.78, 5) is 77.9. The summed E-state index contributed by atoms with van der Waals surface area (Å²) in [6.45, 7) is 6.85. The molecule has 4 saturated heterocycles. The van der Waals surface area contributed by atoms with E-state index in [4.69, 9.17) is 34.2 Å². The minimum absolute atomic E-state index is 0.0202. The predicted octanol–water partition coefficient (Wildman–Crippen LogP) is 2.08. The van der Waals surface area contributed by atoms with E-state index in [1.54, 1.807) is 29.2 Å². The van der Waals surface area contributed by atoms with Crippen molar-refractivity contribution < 1.29 is 87.8 Å². The van der Waals surface area contributed by atoms with Crippen molar-refractivity contribution in [1.82, 2.24) is 15.5 Å². The molecule has 8 aliphatic rings. The second-order valence-corrected chi connectivity index (χ2v) is 24.6. The molecule has 23 heteroatoms. The fraction of sp³-hybridized carbons (Fsp3) is 0.633. The van der Waals surface area contributed by atoms with Crippen molar-refractivity contribution >= 4 is 41.1 Å². The van der Waals surface area contributed by atoms with E-state index in [1.807, 2.05) is 37.3 Å². The maximum absolute atomic E-state index is 14.1. The van der Waals surface area contributed by atoms with Crippen LogP contribution in [-0.4, -0.2) is 178 Å². The van der Waals surface area contributed by atoms with Gasteiger partial charge in [-0.3, -0.25) is 19.2 Å². The molecule has 3 amide bonds. The van der Waals surface area contributed by atoms with E-state index in [2.05, 4.69) is 22.9 Å².